The third kappa shape index (κ3) is 6.25. The highest BCUT2D eigenvalue weighted by molar-refractivity contribution is 6.88. The van der Waals surface area contributed by atoms with Crippen molar-refractivity contribution in [1.82, 2.24) is 0 Å². The van der Waals surface area contributed by atoms with Gasteiger partial charge in [-0.2, -0.15) is 0 Å². The van der Waals surface area contributed by atoms with Gasteiger partial charge in [-0.3, -0.25) is 0 Å². The van der Waals surface area contributed by atoms with Crippen LogP contribution >= 0.6 is 0 Å². The maximum absolute atomic E-state index is 2.51. The maximum atomic E-state index is 2.51. The van der Waals surface area contributed by atoms with E-state index in [9.17, 15) is 0 Å². The molecule has 2 nitrogen and oxygen atoms in total. The number of hydrogen-bond acceptors (Lipinski definition) is 2. The van der Waals surface area contributed by atoms with Crippen LogP contribution in [0, 0.1) is 6.92 Å². The Hall–Kier alpha value is -6.94. The minimum absolute atomic E-state index is 0.637. The van der Waals surface area contributed by atoms with Crippen LogP contribution in [0.25, 0.3) is 21.9 Å². The van der Waals surface area contributed by atoms with Crippen LogP contribution in [-0.2, 0) is 5.41 Å². The van der Waals surface area contributed by atoms with Gasteiger partial charge in [0.15, 0.2) is 0 Å². The molecule has 0 radical (unpaired) electrons. The summed E-state index contributed by atoms with van der Waals surface area (Å²) >= 11 is 0. The predicted molar refractivity (Wildman–Crippen MR) is 258 cm³/mol. The van der Waals surface area contributed by atoms with Crippen molar-refractivity contribution in [3.63, 3.8) is 0 Å². The van der Waals surface area contributed by atoms with Gasteiger partial charge < -0.3 is 9.80 Å². The summed E-state index contributed by atoms with van der Waals surface area (Å²) in [6.45, 7) is 9.40. The summed E-state index contributed by atoms with van der Waals surface area (Å²) in [5.41, 5.74) is 15.0. The van der Waals surface area contributed by atoms with Crippen molar-refractivity contribution in [3.8, 4) is 11.1 Å². The van der Waals surface area contributed by atoms with Gasteiger partial charge in [0, 0.05) is 33.8 Å². The molecule has 9 aromatic carbocycles. The van der Waals surface area contributed by atoms with Gasteiger partial charge in [0.05, 0.1) is 19.2 Å². The van der Waals surface area contributed by atoms with Gasteiger partial charge in [-0.15, -0.1) is 0 Å². The molecule has 0 amide bonds. The molecule has 0 atom stereocenters. The lowest BCUT2D eigenvalue weighted by atomic mass is 9.67. The quantitative estimate of drug-likeness (QED) is 0.134. The Morgan fingerprint density at radius 2 is 0.833 bits per heavy atom. The number of rotatable bonds is 9. The summed E-state index contributed by atoms with van der Waals surface area (Å²) in [7, 11) is -1.50. The molecule has 3 heteroatoms. The molecule has 0 spiro atoms. The Balaban J connectivity index is 1.30. The first kappa shape index (κ1) is 37.3. The molecule has 0 N–H and O–H groups in total. The topological polar surface area (TPSA) is 6.48 Å². The van der Waals surface area contributed by atoms with Crippen LogP contribution in [-0.4, -0.2) is 8.07 Å². The van der Waals surface area contributed by atoms with Crippen molar-refractivity contribution >= 4 is 58.2 Å². The molecule has 9 aromatic rings. The largest absolute Gasteiger partial charge is 0.310 e. The second kappa shape index (κ2) is 15.0. The molecule has 0 aliphatic heterocycles. The Morgan fingerprint density at radius 3 is 1.40 bits per heavy atom. The summed E-state index contributed by atoms with van der Waals surface area (Å²) in [6, 6.07) is 81.0. The van der Waals surface area contributed by atoms with Crippen LogP contribution < -0.4 is 15.0 Å². The van der Waals surface area contributed by atoms with Gasteiger partial charge in [-0.05, 0) is 112 Å². The van der Waals surface area contributed by atoms with Crippen molar-refractivity contribution in [1.29, 1.82) is 0 Å². The minimum Gasteiger partial charge on any atom is -0.310 e. The highest BCUT2D eigenvalue weighted by atomic mass is 28.3. The fourth-order valence-electron chi connectivity index (χ4n) is 9.47. The molecule has 0 saturated heterocycles. The van der Waals surface area contributed by atoms with Gasteiger partial charge in [-0.1, -0.05) is 182 Å². The van der Waals surface area contributed by atoms with Crippen molar-refractivity contribution < 1.29 is 0 Å². The monoisotopic (exact) mass is 788 g/mol. The Labute approximate surface area is 355 Å². The van der Waals surface area contributed by atoms with E-state index >= 15 is 0 Å². The lowest BCUT2D eigenvalue weighted by Crippen LogP contribution is -2.37. The van der Waals surface area contributed by atoms with Crippen LogP contribution in [0.2, 0.25) is 19.6 Å². The Bertz CT molecular complexity index is 2900. The third-order valence-corrected chi connectivity index (χ3v) is 14.4. The van der Waals surface area contributed by atoms with E-state index < -0.39 is 13.5 Å². The molecule has 0 aromatic heterocycles. The number of benzene rings is 9. The fraction of sp³-hybridized carbons (Fsp3) is 0.0877. The lowest BCUT2D eigenvalue weighted by molar-refractivity contribution is 0.769. The van der Waals surface area contributed by atoms with Crippen molar-refractivity contribution in [3.05, 3.63) is 246 Å². The molecule has 0 fully saturated rings. The van der Waals surface area contributed by atoms with Gasteiger partial charge in [0.25, 0.3) is 0 Å². The van der Waals surface area contributed by atoms with E-state index in [4.69, 9.17) is 0 Å². The normalized spacial score (nSPS) is 12.8. The van der Waals surface area contributed by atoms with E-state index in [1.54, 1.807) is 0 Å². The molecule has 0 saturated carbocycles. The van der Waals surface area contributed by atoms with Gasteiger partial charge in [0.1, 0.15) is 0 Å². The second-order valence-electron chi connectivity index (χ2n) is 17.1. The lowest BCUT2D eigenvalue weighted by Gasteiger charge is -2.36. The zero-order chi connectivity index (χ0) is 40.8. The number of anilines is 6. The van der Waals surface area contributed by atoms with Crippen LogP contribution in [0.4, 0.5) is 34.1 Å². The van der Waals surface area contributed by atoms with Crippen LogP contribution in [0.15, 0.2) is 218 Å². The SMILES string of the molecule is Cc1ccc(N(c2ccccc2)c2cc3c(c4ccccc24)-c2ccc(N(c4ccccc4)c4ccc([Si](C)(C)C)cc4)cc2C3(c2ccccc2)c2ccccc2)cc1. The summed E-state index contributed by atoms with van der Waals surface area (Å²) in [6.07, 6.45) is 0. The predicted octanol–water partition coefficient (Wildman–Crippen LogP) is 15.0. The number of fused-ring (bicyclic) bond motifs is 5. The Morgan fingerprint density at radius 1 is 0.383 bits per heavy atom. The van der Waals surface area contributed by atoms with E-state index in [-0.39, 0.29) is 0 Å². The van der Waals surface area contributed by atoms with Crippen LogP contribution in [0.1, 0.15) is 27.8 Å². The number of aryl methyl sites for hydroxylation is 1. The molecule has 1 aliphatic carbocycles. The van der Waals surface area contributed by atoms with Crippen molar-refractivity contribution in [2.45, 2.75) is 32.0 Å². The minimum atomic E-state index is -1.50. The Kier molecular flexibility index (Phi) is 9.35. The summed E-state index contributed by atoms with van der Waals surface area (Å²) in [4.78, 5) is 4.87. The first-order valence-electron chi connectivity index (χ1n) is 21.0. The molecular weight excluding hydrogens is 741 g/mol. The van der Waals surface area contributed by atoms with E-state index in [0.717, 1.165) is 34.1 Å². The number of hydrogen-bond donors (Lipinski definition) is 0. The molecule has 10 rings (SSSR count). The van der Waals surface area contributed by atoms with Crippen molar-refractivity contribution in [2.24, 2.45) is 0 Å². The smallest absolute Gasteiger partial charge is 0.0775 e. The zero-order valence-electron chi connectivity index (χ0n) is 34.7. The molecule has 1 aliphatic rings. The molecule has 290 valence electrons. The highest BCUT2D eigenvalue weighted by Crippen LogP contribution is 2.60. The number of para-hydroxylation sites is 2. The number of nitrogens with zero attached hydrogens (tertiary/aromatic N) is 2. The van der Waals surface area contributed by atoms with E-state index in [2.05, 4.69) is 255 Å². The molecule has 0 unspecified atom stereocenters. The van der Waals surface area contributed by atoms with E-state index in [1.165, 1.54) is 54.9 Å². The van der Waals surface area contributed by atoms with E-state index in [1.807, 2.05) is 0 Å². The van der Waals surface area contributed by atoms with Crippen LogP contribution in [0.5, 0.6) is 0 Å². The van der Waals surface area contributed by atoms with Gasteiger partial charge in [-0.25, -0.2) is 0 Å². The highest BCUT2D eigenvalue weighted by Gasteiger charge is 2.48. The first-order chi connectivity index (χ1) is 29.3. The molecule has 0 heterocycles. The standard InChI is InChI=1S/C57H48N2Si/c1-41-29-31-47(32-30-41)59(45-25-15-8-16-26-45)55-40-54-56(51-28-18-17-27-50(51)55)52-38-35-48(39-53(52)57(54,42-19-9-5-10-20-42)43-21-11-6-12-22-43)58(44-23-13-7-14-24-44)46-33-36-49(37-34-46)60(2,3)4/h5-40H,1-4H3. The second-order valence-corrected chi connectivity index (χ2v) is 22.1. The average molecular weight is 789 g/mol. The molecule has 60 heavy (non-hydrogen) atoms. The molecule has 0 bridgehead atoms. The fourth-order valence-corrected chi connectivity index (χ4v) is 10.6. The summed E-state index contributed by atoms with van der Waals surface area (Å²) in [5.74, 6) is 0. The van der Waals surface area contributed by atoms with Gasteiger partial charge >= 0.3 is 0 Å². The third-order valence-electron chi connectivity index (χ3n) is 12.3. The first-order valence-corrected chi connectivity index (χ1v) is 24.5. The summed E-state index contributed by atoms with van der Waals surface area (Å²) in [5, 5.41) is 3.90. The average Bonchev–Trinajstić information content (AvgIpc) is 3.59. The van der Waals surface area contributed by atoms with Gasteiger partial charge in [0.2, 0.25) is 0 Å². The molecular formula is C57H48N2Si. The van der Waals surface area contributed by atoms with Crippen molar-refractivity contribution in [2.75, 3.05) is 9.80 Å². The van der Waals surface area contributed by atoms with E-state index in [0.29, 0.717) is 0 Å². The van der Waals surface area contributed by atoms with Crippen LogP contribution in [0.3, 0.4) is 0 Å². The summed E-state index contributed by atoms with van der Waals surface area (Å²) < 4.78 is 0. The zero-order valence-corrected chi connectivity index (χ0v) is 35.7. The maximum Gasteiger partial charge on any atom is 0.0775 e.